The molecule has 2 N–H and O–H groups in total. The average Bonchev–Trinajstić information content (AvgIpc) is 2.62. The maximum atomic E-state index is 10.4. The van der Waals surface area contributed by atoms with E-state index in [1.165, 1.54) is 16.4 Å². The Balaban J connectivity index is 2.45. The van der Waals surface area contributed by atoms with Gasteiger partial charge < -0.3 is 14.6 Å². The molecule has 2 atom stereocenters. The van der Waals surface area contributed by atoms with Gasteiger partial charge in [-0.3, -0.25) is 0 Å². The predicted molar refractivity (Wildman–Crippen MR) is 110 cm³/mol. The van der Waals surface area contributed by atoms with Crippen LogP contribution in [0.2, 0.25) is 5.04 Å². The Morgan fingerprint density at radius 1 is 0.962 bits per heavy atom. The highest BCUT2D eigenvalue weighted by Crippen LogP contribution is 2.36. The Bertz CT molecular complexity index is 640. The topological polar surface area (TPSA) is 49.7 Å². The Morgan fingerprint density at radius 2 is 1.42 bits per heavy atom. The SMILES string of the molecule is C=C[C@@H](O)C[C@H](O)CO[Si](c1ccccc1)(c1ccccc1)C(C)(C)C. The molecule has 0 fully saturated rings. The van der Waals surface area contributed by atoms with Crippen LogP contribution in [0.3, 0.4) is 0 Å². The van der Waals surface area contributed by atoms with Crippen molar-refractivity contribution < 1.29 is 14.6 Å². The summed E-state index contributed by atoms with van der Waals surface area (Å²) in [4.78, 5) is 0. The van der Waals surface area contributed by atoms with Crippen LogP contribution in [0.15, 0.2) is 73.3 Å². The predicted octanol–water partition coefficient (Wildman–Crippen LogP) is 2.86. The van der Waals surface area contributed by atoms with Crippen LogP contribution < -0.4 is 10.4 Å². The summed E-state index contributed by atoms with van der Waals surface area (Å²) in [6, 6.07) is 20.6. The zero-order valence-electron chi connectivity index (χ0n) is 15.9. The van der Waals surface area contributed by atoms with E-state index in [9.17, 15) is 10.2 Å². The summed E-state index contributed by atoms with van der Waals surface area (Å²) in [6.45, 7) is 10.3. The lowest BCUT2D eigenvalue weighted by Crippen LogP contribution is -2.67. The molecular formula is C22H30O3Si. The number of rotatable bonds is 8. The molecule has 3 nitrogen and oxygen atoms in total. The standard InChI is InChI=1S/C22H30O3Si/c1-5-18(23)16-19(24)17-25-26(22(2,3)4,20-12-8-6-9-13-20)21-14-10-7-11-15-21/h5-15,18-19,23-24H,1,16-17H2,2-4H3/t18-,19+/m1/s1. The van der Waals surface area contributed by atoms with Gasteiger partial charge in [0.1, 0.15) is 0 Å². The Labute approximate surface area is 158 Å². The first kappa shape index (κ1) is 20.6. The number of hydrogen-bond donors (Lipinski definition) is 2. The molecule has 0 heterocycles. The molecule has 0 aliphatic heterocycles. The molecule has 140 valence electrons. The fourth-order valence-electron chi connectivity index (χ4n) is 3.43. The molecule has 2 rings (SSSR count). The molecule has 0 saturated heterocycles. The lowest BCUT2D eigenvalue weighted by Gasteiger charge is -2.43. The maximum absolute atomic E-state index is 10.4. The normalized spacial score (nSPS) is 14.7. The Kier molecular flexibility index (Phi) is 6.95. The molecule has 2 aromatic carbocycles. The van der Waals surface area contributed by atoms with Crippen LogP contribution in [-0.2, 0) is 4.43 Å². The summed E-state index contributed by atoms with van der Waals surface area (Å²) in [5.74, 6) is 0. The van der Waals surface area contributed by atoms with Gasteiger partial charge in [-0.25, -0.2) is 0 Å². The third-order valence-corrected chi connectivity index (χ3v) is 9.70. The van der Waals surface area contributed by atoms with Gasteiger partial charge >= 0.3 is 0 Å². The van der Waals surface area contributed by atoms with Crippen LogP contribution in [0.5, 0.6) is 0 Å². The molecule has 0 aliphatic rings. The van der Waals surface area contributed by atoms with Crippen molar-refractivity contribution in [2.45, 2.75) is 44.4 Å². The second-order valence-corrected chi connectivity index (χ2v) is 12.0. The molecule has 0 radical (unpaired) electrons. The van der Waals surface area contributed by atoms with Gasteiger partial charge in [0.2, 0.25) is 0 Å². The van der Waals surface area contributed by atoms with Crippen LogP contribution in [0.4, 0.5) is 0 Å². The monoisotopic (exact) mass is 370 g/mol. The van der Waals surface area contributed by atoms with Crippen molar-refractivity contribution in [1.29, 1.82) is 0 Å². The van der Waals surface area contributed by atoms with Crippen LogP contribution in [0.25, 0.3) is 0 Å². The van der Waals surface area contributed by atoms with Gasteiger partial charge in [-0.15, -0.1) is 6.58 Å². The second-order valence-electron chi connectivity index (χ2n) is 7.67. The third-order valence-electron chi connectivity index (χ3n) is 4.69. The van der Waals surface area contributed by atoms with Gasteiger partial charge in [0, 0.05) is 6.42 Å². The van der Waals surface area contributed by atoms with E-state index in [1.807, 2.05) is 36.4 Å². The van der Waals surface area contributed by atoms with E-state index in [1.54, 1.807) is 0 Å². The fraction of sp³-hybridized carbons (Fsp3) is 0.364. The maximum Gasteiger partial charge on any atom is 0.261 e. The third kappa shape index (κ3) is 4.51. The Hall–Kier alpha value is -1.72. The molecule has 0 spiro atoms. The molecule has 0 unspecified atom stereocenters. The van der Waals surface area contributed by atoms with Crippen LogP contribution in [-0.4, -0.2) is 37.3 Å². The van der Waals surface area contributed by atoms with Gasteiger partial charge in [-0.1, -0.05) is 87.5 Å². The van der Waals surface area contributed by atoms with Crippen molar-refractivity contribution in [3.63, 3.8) is 0 Å². The van der Waals surface area contributed by atoms with Crippen molar-refractivity contribution in [2.24, 2.45) is 0 Å². The van der Waals surface area contributed by atoms with E-state index in [0.29, 0.717) is 0 Å². The smallest absolute Gasteiger partial charge is 0.261 e. The summed E-state index contributed by atoms with van der Waals surface area (Å²) < 4.78 is 6.62. The van der Waals surface area contributed by atoms with E-state index < -0.39 is 20.5 Å². The van der Waals surface area contributed by atoms with E-state index >= 15 is 0 Å². The van der Waals surface area contributed by atoms with Gasteiger partial charge in [-0.2, -0.15) is 0 Å². The van der Waals surface area contributed by atoms with E-state index in [0.717, 1.165) is 0 Å². The summed E-state index contributed by atoms with van der Waals surface area (Å²) >= 11 is 0. The quantitative estimate of drug-likeness (QED) is 0.555. The van der Waals surface area contributed by atoms with E-state index in [4.69, 9.17) is 4.43 Å². The lowest BCUT2D eigenvalue weighted by atomic mass is 10.2. The number of hydrogen-bond acceptors (Lipinski definition) is 3. The first-order chi connectivity index (χ1) is 12.3. The van der Waals surface area contributed by atoms with Crippen molar-refractivity contribution in [2.75, 3.05) is 6.61 Å². The summed E-state index contributed by atoms with van der Waals surface area (Å²) in [7, 11) is -2.64. The van der Waals surface area contributed by atoms with Crippen LogP contribution in [0, 0.1) is 0 Å². The van der Waals surface area contributed by atoms with Crippen molar-refractivity contribution in [1.82, 2.24) is 0 Å². The van der Waals surface area contributed by atoms with E-state index in [-0.39, 0.29) is 18.1 Å². The molecule has 4 heteroatoms. The van der Waals surface area contributed by atoms with Crippen LogP contribution in [0.1, 0.15) is 27.2 Å². The minimum Gasteiger partial charge on any atom is -0.405 e. The largest absolute Gasteiger partial charge is 0.405 e. The fourth-order valence-corrected chi connectivity index (χ4v) is 8.02. The zero-order valence-corrected chi connectivity index (χ0v) is 16.9. The minimum absolute atomic E-state index is 0.132. The van der Waals surface area contributed by atoms with Gasteiger partial charge in [0.25, 0.3) is 8.32 Å². The molecule has 26 heavy (non-hydrogen) atoms. The highest BCUT2D eigenvalue weighted by Gasteiger charge is 2.50. The lowest BCUT2D eigenvalue weighted by molar-refractivity contribution is 0.0611. The van der Waals surface area contributed by atoms with Crippen molar-refractivity contribution in [3.8, 4) is 0 Å². The first-order valence-corrected chi connectivity index (χ1v) is 11.0. The van der Waals surface area contributed by atoms with Gasteiger partial charge in [0.05, 0.1) is 18.8 Å². The molecular weight excluding hydrogens is 340 g/mol. The molecule has 0 aromatic heterocycles. The summed E-state index contributed by atoms with van der Waals surface area (Å²) in [6.07, 6.45) is 0.186. The average molecular weight is 371 g/mol. The molecule has 0 aliphatic carbocycles. The first-order valence-electron chi connectivity index (χ1n) is 9.05. The van der Waals surface area contributed by atoms with Crippen molar-refractivity contribution in [3.05, 3.63) is 73.3 Å². The number of aliphatic hydroxyl groups is 2. The summed E-state index contributed by atoms with van der Waals surface area (Å²) in [5, 5.41) is 22.3. The molecule has 2 aromatic rings. The van der Waals surface area contributed by atoms with Crippen molar-refractivity contribution >= 4 is 18.7 Å². The van der Waals surface area contributed by atoms with Gasteiger partial charge in [0.15, 0.2) is 0 Å². The highest BCUT2D eigenvalue weighted by atomic mass is 28.4. The molecule has 0 bridgehead atoms. The molecule has 0 saturated carbocycles. The molecule has 0 amide bonds. The van der Waals surface area contributed by atoms with Gasteiger partial charge in [-0.05, 0) is 15.4 Å². The zero-order chi connectivity index (χ0) is 19.2. The summed E-state index contributed by atoms with van der Waals surface area (Å²) in [5.41, 5.74) is 0. The van der Waals surface area contributed by atoms with Crippen LogP contribution >= 0.6 is 0 Å². The highest BCUT2D eigenvalue weighted by molar-refractivity contribution is 6.99. The minimum atomic E-state index is -2.64. The Morgan fingerprint density at radius 3 is 1.81 bits per heavy atom. The van der Waals surface area contributed by atoms with E-state index in [2.05, 4.69) is 51.6 Å². The number of benzene rings is 2. The second kappa shape index (κ2) is 8.78. The number of aliphatic hydroxyl groups excluding tert-OH is 2.